The Balaban J connectivity index is 1.62. The lowest BCUT2D eigenvalue weighted by Crippen LogP contribution is -2.46. The number of hydrogen-bond acceptors (Lipinski definition) is 5. The van der Waals surface area contributed by atoms with Gasteiger partial charge in [-0.15, -0.1) is 0 Å². The third-order valence-electron chi connectivity index (χ3n) is 4.35. The van der Waals surface area contributed by atoms with Crippen LogP contribution in [0, 0.1) is 0 Å². The second kappa shape index (κ2) is 7.01. The van der Waals surface area contributed by atoms with Gasteiger partial charge in [0.05, 0.1) is 17.9 Å². The van der Waals surface area contributed by atoms with E-state index in [9.17, 15) is 18.0 Å². The molecule has 2 N–H and O–H groups in total. The molecule has 0 bridgehead atoms. The highest BCUT2D eigenvalue weighted by atomic mass is 32.2. The molecular weight excluding hydrogens is 346 g/mol. The summed E-state index contributed by atoms with van der Waals surface area (Å²) in [6.07, 6.45) is 0.891. The zero-order valence-corrected chi connectivity index (χ0v) is 14.8. The summed E-state index contributed by atoms with van der Waals surface area (Å²) in [6, 6.07) is 4.39. The van der Waals surface area contributed by atoms with Crippen LogP contribution in [0.25, 0.3) is 0 Å². The highest BCUT2D eigenvalue weighted by molar-refractivity contribution is 7.89. The topological polar surface area (TPSA) is 105 Å². The zero-order valence-electron chi connectivity index (χ0n) is 13.9. The predicted molar refractivity (Wildman–Crippen MR) is 90.7 cm³/mol. The molecule has 0 spiro atoms. The van der Waals surface area contributed by atoms with Crippen molar-refractivity contribution in [2.24, 2.45) is 0 Å². The predicted octanol–water partition coefficient (Wildman–Crippen LogP) is 1.08. The molecule has 9 heteroatoms. The van der Waals surface area contributed by atoms with Crippen molar-refractivity contribution in [3.8, 4) is 0 Å². The molecule has 2 heterocycles. The molecule has 8 nitrogen and oxygen atoms in total. The molecule has 0 radical (unpaired) electrons. The number of hydrogen-bond donors (Lipinski definition) is 2. The summed E-state index contributed by atoms with van der Waals surface area (Å²) in [6.45, 7) is 2.98. The van der Waals surface area contributed by atoms with Gasteiger partial charge in [0, 0.05) is 24.8 Å². The van der Waals surface area contributed by atoms with Crippen LogP contribution in [-0.2, 0) is 26.0 Å². The minimum atomic E-state index is -3.67. The monoisotopic (exact) mass is 367 g/mol. The van der Waals surface area contributed by atoms with Crippen LogP contribution in [0.2, 0.25) is 0 Å². The Kier molecular flexibility index (Phi) is 4.96. The van der Waals surface area contributed by atoms with Crippen LogP contribution in [0.5, 0.6) is 0 Å². The smallest absolute Gasteiger partial charge is 0.409 e. The molecule has 2 aliphatic heterocycles. The number of carbonyl (C=O) groups excluding carboxylic acids is 2. The van der Waals surface area contributed by atoms with Gasteiger partial charge in [-0.25, -0.2) is 17.9 Å². The van der Waals surface area contributed by atoms with Crippen molar-refractivity contribution in [3.05, 3.63) is 23.8 Å². The van der Waals surface area contributed by atoms with E-state index in [1.54, 1.807) is 17.9 Å². The van der Waals surface area contributed by atoms with E-state index in [1.165, 1.54) is 12.1 Å². The van der Waals surface area contributed by atoms with Crippen LogP contribution < -0.4 is 10.0 Å². The normalized spacial score (nSPS) is 18.0. The first-order chi connectivity index (χ1) is 11.9. The van der Waals surface area contributed by atoms with Gasteiger partial charge in [-0.1, -0.05) is 0 Å². The molecule has 136 valence electrons. The Morgan fingerprint density at radius 3 is 2.76 bits per heavy atom. The van der Waals surface area contributed by atoms with Gasteiger partial charge in [0.15, 0.2) is 0 Å². The van der Waals surface area contributed by atoms with Crippen molar-refractivity contribution in [3.63, 3.8) is 0 Å². The summed E-state index contributed by atoms with van der Waals surface area (Å²) in [5.41, 5.74) is 1.34. The molecule has 1 aromatic carbocycles. The van der Waals surface area contributed by atoms with Crippen molar-refractivity contribution >= 4 is 27.7 Å². The van der Waals surface area contributed by atoms with Crippen LogP contribution in [0.4, 0.5) is 10.5 Å². The third kappa shape index (κ3) is 3.93. The molecule has 25 heavy (non-hydrogen) atoms. The molecule has 1 saturated heterocycles. The van der Waals surface area contributed by atoms with Gasteiger partial charge >= 0.3 is 6.09 Å². The number of likely N-dealkylation sites (tertiary alicyclic amines) is 1. The average Bonchev–Trinajstić information content (AvgIpc) is 2.94. The van der Waals surface area contributed by atoms with Gasteiger partial charge in [0.25, 0.3) is 0 Å². The van der Waals surface area contributed by atoms with Crippen molar-refractivity contribution in [1.82, 2.24) is 9.62 Å². The minimum absolute atomic E-state index is 0.135. The van der Waals surface area contributed by atoms with E-state index in [0.29, 0.717) is 43.8 Å². The minimum Gasteiger partial charge on any atom is -0.450 e. The summed E-state index contributed by atoms with van der Waals surface area (Å²) in [5.74, 6) is -0.135. The number of fused-ring (bicyclic) bond motifs is 1. The average molecular weight is 367 g/mol. The number of benzene rings is 1. The maximum Gasteiger partial charge on any atom is 0.409 e. The van der Waals surface area contributed by atoms with Crippen LogP contribution in [0.3, 0.4) is 0 Å². The third-order valence-corrected chi connectivity index (χ3v) is 5.87. The summed E-state index contributed by atoms with van der Waals surface area (Å²) >= 11 is 0. The summed E-state index contributed by atoms with van der Waals surface area (Å²) in [7, 11) is -3.67. The quantitative estimate of drug-likeness (QED) is 0.829. The molecule has 0 unspecified atom stereocenters. The summed E-state index contributed by atoms with van der Waals surface area (Å²) in [5, 5.41) is 2.68. The van der Waals surface area contributed by atoms with E-state index in [-0.39, 0.29) is 29.4 Å². The number of sulfonamides is 1. The second-order valence-corrected chi connectivity index (χ2v) is 7.84. The summed E-state index contributed by atoms with van der Waals surface area (Å²) < 4.78 is 32.8. The number of amides is 2. The van der Waals surface area contributed by atoms with Crippen molar-refractivity contribution < 1.29 is 22.7 Å². The molecule has 0 aliphatic carbocycles. The van der Waals surface area contributed by atoms with Gasteiger partial charge < -0.3 is 15.0 Å². The van der Waals surface area contributed by atoms with Gasteiger partial charge in [-0.2, -0.15) is 0 Å². The highest BCUT2D eigenvalue weighted by Gasteiger charge is 2.28. The first-order valence-corrected chi connectivity index (χ1v) is 9.74. The lowest BCUT2D eigenvalue weighted by molar-refractivity contribution is -0.115. The molecule has 2 amide bonds. The fraction of sp³-hybridized carbons (Fsp3) is 0.500. The standard InChI is InChI=1S/C16H21N3O5S/c1-2-24-16(21)19-7-5-12(6-8-19)18-25(22,23)13-3-4-14-11(9-13)10-15(20)17-14/h3-4,9,12,18H,2,5-8,10H2,1H3,(H,17,20). The first-order valence-electron chi connectivity index (χ1n) is 8.26. The van der Waals surface area contributed by atoms with E-state index in [4.69, 9.17) is 4.74 Å². The van der Waals surface area contributed by atoms with Crippen molar-refractivity contribution in [2.75, 3.05) is 25.0 Å². The van der Waals surface area contributed by atoms with E-state index < -0.39 is 10.0 Å². The Labute approximate surface area is 146 Å². The Hall–Kier alpha value is -2.13. The number of anilines is 1. The van der Waals surface area contributed by atoms with E-state index in [0.717, 1.165) is 0 Å². The molecule has 1 fully saturated rings. The zero-order chi connectivity index (χ0) is 18.0. The van der Waals surface area contributed by atoms with E-state index in [2.05, 4.69) is 10.0 Å². The number of piperidine rings is 1. The lowest BCUT2D eigenvalue weighted by Gasteiger charge is -2.31. The van der Waals surface area contributed by atoms with Crippen LogP contribution in [0.15, 0.2) is 23.1 Å². The van der Waals surface area contributed by atoms with Gasteiger partial charge in [-0.3, -0.25) is 4.79 Å². The van der Waals surface area contributed by atoms with E-state index in [1.807, 2.05) is 0 Å². The maximum absolute atomic E-state index is 12.6. The molecular formula is C16H21N3O5S. The Morgan fingerprint density at radius 1 is 1.36 bits per heavy atom. The molecule has 2 aliphatic rings. The fourth-order valence-corrected chi connectivity index (χ4v) is 4.41. The molecule has 0 aromatic heterocycles. The molecule has 3 rings (SSSR count). The second-order valence-electron chi connectivity index (χ2n) is 6.13. The Morgan fingerprint density at radius 2 is 2.08 bits per heavy atom. The SMILES string of the molecule is CCOC(=O)N1CCC(NS(=O)(=O)c2ccc3c(c2)CC(=O)N3)CC1. The lowest BCUT2D eigenvalue weighted by atomic mass is 10.1. The molecule has 0 saturated carbocycles. The Bertz CT molecular complexity index is 785. The summed E-state index contributed by atoms with van der Waals surface area (Å²) in [4.78, 5) is 24.8. The fourth-order valence-electron chi connectivity index (χ4n) is 3.05. The molecule has 0 atom stereocenters. The van der Waals surface area contributed by atoms with Crippen LogP contribution >= 0.6 is 0 Å². The van der Waals surface area contributed by atoms with Gasteiger partial charge in [0.1, 0.15) is 0 Å². The van der Waals surface area contributed by atoms with Crippen LogP contribution in [0.1, 0.15) is 25.3 Å². The number of rotatable bonds is 4. The van der Waals surface area contributed by atoms with Crippen molar-refractivity contribution in [1.29, 1.82) is 0 Å². The number of nitrogens with zero attached hydrogens (tertiary/aromatic N) is 1. The van der Waals surface area contributed by atoms with Crippen molar-refractivity contribution in [2.45, 2.75) is 37.1 Å². The number of carbonyl (C=O) groups is 2. The first kappa shape index (κ1) is 17.7. The number of ether oxygens (including phenoxy) is 1. The largest absolute Gasteiger partial charge is 0.450 e. The number of nitrogens with one attached hydrogen (secondary N) is 2. The van der Waals surface area contributed by atoms with Gasteiger partial charge in [-0.05, 0) is 43.5 Å². The highest BCUT2D eigenvalue weighted by Crippen LogP contribution is 2.26. The van der Waals surface area contributed by atoms with E-state index >= 15 is 0 Å². The maximum atomic E-state index is 12.6. The van der Waals surface area contributed by atoms with Gasteiger partial charge in [0.2, 0.25) is 15.9 Å². The molecule has 1 aromatic rings. The van der Waals surface area contributed by atoms with Crippen LogP contribution in [-0.4, -0.2) is 51.1 Å².